The van der Waals surface area contributed by atoms with Crippen molar-refractivity contribution in [1.82, 2.24) is 25.3 Å². The predicted molar refractivity (Wildman–Crippen MR) is 121 cm³/mol. The van der Waals surface area contributed by atoms with Crippen molar-refractivity contribution in [2.75, 3.05) is 67.2 Å². The number of nitrogens with one attached hydrogen (secondary N) is 1. The Bertz CT molecular complexity index is 1040. The lowest BCUT2D eigenvalue weighted by atomic mass is 10.3. The van der Waals surface area contributed by atoms with Crippen molar-refractivity contribution < 1.29 is 14.3 Å². The van der Waals surface area contributed by atoms with Crippen LogP contribution < -0.4 is 20.0 Å². The minimum atomic E-state index is -0.399. The zero-order valence-electron chi connectivity index (χ0n) is 17.3. The van der Waals surface area contributed by atoms with E-state index >= 15 is 0 Å². The average molecular weight is 455 g/mol. The molecule has 3 saturated heterocycles. The van der Waals surface area contributed by atoms with Crippen LogP contribution in [0, 0.1) is 0 Å². The highest BCUT2D eigenvalue weighted by Crippen LogP contribution is 2.27. The summed E-state index contributed by atoms with van der Waals surface area (Å²) in [6, 6.07) is 3.66. The van der Waals surface area contributed by atoms with Crippen molar-refractivity contribution in [3.63, 3.8) is 0 Å². The van der Waals surface area contributed by atoms with Crippen molar-refractivity contribution in [1.29, 1.82) is 0 Å². The van der Waals surface area contributed by atoms with Gasteiger partial charge in [0.2, 0.25) is 11.9 Å². The fourth-order valence-electron chi connectivity index (χ4n) is 3.73. The first-order chi connectivity index (χ1) is 15.7. The van der Waals surface area contributed by atoms with E-state index in [1.54, 1.807) is 24.5 Å². The molecule has 0 aliphatic carbocycles. The Kier molecular flexibility index (Phi) is 5.86. The normalized spacial score (nSPS) is 20.8. The Labute approximate surface area is 188 Å². The van der Waals surface area contributed by atoms with Gasteiger partial charge < -0.3 is 19.4 Å². The number of amides is 2. The molecule has 0 spiro atoms. The first-order valence-electron chi connectivity index (χ1n) is 10.4. The Balaban J connectivity index is 1.40. The molecule has 2 amide bonds. The summed E-state index contributed by atoms with van der Waals surface area (Å²) in [6.07, 6.45) is 5.13. The lowest BCUT2D eigenvalue weighted by Gasteiger charge is -2.35. The quantitative estimate of drug-likeness (QED) is 0.660. The van der Waals surface area contributed by atoms with E-state index < -0.39 is 5.91 Å². The maximum Gasteiger partial charge on any atom is 0.290 e. The van der Waals surface area contributed by atoms with E-state index in [9.17, 15) is 9.59 Å². The van der Waals surface area contributed by atoms with Crippen LogP contribution in [-0.4, -0.2) is 83.6 Å². The minimum Gasteiger partial charge on any atom is -0.378 e. The second-order valence-electron chi connectivity index (χ2n) is 7.43. The van der Waals surface area contributed by atoms with Crippen LogP contribution in [-0.2, 0) is 9.53 Å². The summed E-state index contributed by atoms with van der Waals surface area (Å²) in [5.41, 5.74) is 0.595. The number of nitrogens with zero attached hydrogens (tertiary/aromatic N) is 7. The molecule has 12 heteroatoms. The van der Waals surface area contributed by atoms with Crippen LogP contribution in [0.2, 0.25) is 0 Å². The third-order valence-electron chi connectivity index (χ3n) is 5.37. The van der Waals surface area contributed by atoms with Crippen molar-refractivity contribution in [2.45, 2.75) is 0 Å². The van der Waals surface area contributed by atoms with Gasteiger partial charge in [-0.3, -0.25) is 14.9 Å². The highest BCUT2D eigenvalue weighted by atomic mass is 32.2. The fraction of sp³-hybridized carbons (Fsp3) is 0.400. The number of imide groups is 1. The van der Waals surface area contributed by atoms with Gasteiger partial charge in [-0.25, -0.2) is 15.0 Å². The van der Waals surface area contributed by atoms with Gasteiger partial charge in [-0.15, -0.1) is 0 Å². The number of anilines is 3. The van der Waals surface area contributed by atoms with Crippen molar-refractivity contribution in [3.05, 3.63) is 35.1 Å². The van der Waals surface area contributed by atoms with Gasteiger partial charge in [0, 0.05) is 57.7 Å². The van der Waals surface area contributed by atoms with E-state index in [4.69, 9.17) is 14.7 Å². The summed E-state index contributed by atoms with van der Waals surface area (Å²) in [5, 5.41) is 1.91. The topological polar surface area (TPSA) is 117 Å². The molecular formula is C20H22N8O3S. The lowest BCUT2D eigenvalue weighted by molar-refractivity contribution is -0.115. The third kappa shape index (κ3) is 4.50. The average Bonchev–Trinajstić information content (AvgIpc) is 3.16. The number of hydrogen-bond donors (Lipinski definition) is 1. The van der Waals surface area contributed by atoms with Crippen LogP contribution in [0.15, 0.2) is 29.4 Å². The number of piperazine rings is 1. The highest BCUT2D eigenvalue weighted by Gasteiger charge is 2.27. The Morgan fingerprint density at radius 2 is 1.59 bits per heavy atom. The van der Waals surface area contributed by atoms with Crippen LogP contribution in [0.5, 0.6) is 0 Å². The fourth-order valence-corrected chi connectivity index (χ4v) is 4.39. The molecule has 5 rings (SSSR count). The first-order valence-corrected chi connectivity index (χ1v) is 11.2. The van der Waals surface area contributed by atoms with Gasteiger partial charge in [-0.2, -0.15) is 4.98 Å². The van der Waals surface area contributed by atoms with Crippen LogP contribution in [0.25, 0.3) is 6.08 Å². The molecule has 11 nitrogen and oxygen atoms in total. The van der Waals surface area contributed by atoms with E-state index in [0.717, 1.165) is 49.7 Å². The second-order valence-corrected chi connectivity index (χ2v) is 8.44. The van der Waals surface area contributed by atoms with Gasteiger partial charge in [0.1, 0.15) is 5.82 Å². The van der Waals surface area contributed by atoms with Crippen LogP contribution in [0.1, 0.15) is 5.69 Å². The van der Waals surface area contributed by atoms with Gasteiger partial charge in [0.05, 0.1) is 23.8 Å². The molecule has 0 bridgehead atoms. The zero-order chi connectivity index (χ0) is 21.9. The maximum atomic E-state index is 12.0. The van der Waals surface area contributed by atoms with Crippen LogP contribution in [0.4, 0.5) is 22.5 Å². The number of ether oxygens (including phenoxy) is 1. The summed E-state index contributed by atoms with van der Waals surface area (Å²) < 4.78 is 5.47. The molecular weight excluding hydrogens is 432 g/mol. The smallest absolute Gasteiger partial charge is 0.290 e. The molecule has 3 fully saturated rings. The van der Waals surface area contributed by atoms with Crippen molar-refractivity contribution in [3.8, 4) is 0 Å². The molecule has 32 heavy (non-hydrogen) atoms. The minimum absolute atomic E-state index is 0.332. The summed E-state index contributed by atoms with van der Waals surface area (Å²) >= 11 is 0.883. The molecule has 5 heterocycles. The zero-order valence-corrected chi connectivity index (χ0v) is 18.1. The Morgan fingerprint density at radius 1 is 0.906 bits per heavy atom. The van der Waals surface area contributed by atoms with Crippen molar-refractivity contribution >= 4 is 46.7 Å². The number of carbonyl (C=O) groups excluding carboxylic acids is 2. The van der Waals surface area contributed by atoms with E-state index in [0.29, 0.717) is 42.9 Å². The van der Waals surface area contributed by atoms with Crippen LogP contribution in [0.3, 0.4) is 0 Å². The van der Waals surface area contributed by atoms with Gasteiger partial charge in [-0.05, 0) is 23.9 Å². The van der Waals surface area contributed by atoms with Gasteiger partial charge in [0.25, 0.3) is 11.1 Å². The summed E-state index contributed by atoms with van der Waals surface area (Å²) in [6.45, 7) is 5.68. The van der Waals surface area contributed by atoms with E-state index in [2.05, 4.69) is 30.0 Å². The Hall–Kier alpha value is -3.25. The number of carbonyl (C=O) groups is 2. The molecule has 0 saturated carbocycles. The van der Waals surface area contributed by atoms with Gasteiger partial charge in [-0.1, -0.05) is 0 Å². The second kappa shape index (κ2) is 9.09. The third-order valence-corrected chi connectivity index (χ3v) is 6.18. The van der Waals surface area contributed by atoms with E-state index in [-0.39, 0.29) is 5.24 Å². The molecule has 3 aliphatic rings. The summed E-state index contributed by atoms with van der Waals surface area (Å²) in [4.78, 5) is 48.5. The summed E-state index contributed by atoms with van der Waals surface area (Å²) in [5.74, 6) is 1.71. The summed E-state index contributed by atoms with van der Waals surface area (Å²) in [7, 11) is 0. The lowest BCUT2D eigenvalue weighted by Crippen LogP contribution is -2.48. The molecule has 2 aromatic heterocycles. The van der Waals surface area contributed by atoms with Gasteiger partial charge in [0.15, 0.2) is 0 Å². The maximum absolute atomic E-state index is 12.0. The molecule has 1 N–H and O–H groups in total. The molecule has 3 aliphatic heterocycles. The standard InChI is InChI=1S/C20H22N8O3S/c29-17-15(32-20(30)25-17)12-14-13-16(26-8-10-31-11-9-26)24-19(23-14)28-6-4-27(5-7-28)18-21-2-1-3-22-18/h1-3,12-13H,4-11H2,(H,25,29,30). The molecule has 166 valence electrons. The van der Waals surface area contributed by atoms with Crippen molar-refractivity contribution in [2.24, 2.45) is 0 Å². The van der Waals surface area contributed by atoms with Crippen LogP contribution >= 0.6 is 11.8 Å². The molecule has 0 unspecified atom stereocenters. The molecule has 2 aromatic rings. The SMILES string of the molecule is O=C1NC(=O)C(=Cc2cc(N3CCOCC3)nc(N3CCN(c4ncccn4)CC3)n2)S1. The molecule has 0 radical (unpaired) electrons. The van der Waals surface area contributed by atoms with Gasteiger partial charge >= 0.3 is 0 Å². The number of morpholine rings is 1. The predicted octanol–water partition coefficient (Wildman–Crippen LogP) is 0.754. The Morgan fingerprint density at radius 3 is 2.25 bits per heavy atom. The van der Waals surface area contributed by atoms with E-state index in [1.807, 2.05) is 6.07 Å². The largest absolute Gasteiger partial charge is 0.378 e. The monoisotopic (exact) mass is 454 g/mol. The number of thioether (sulfide) groups is 1. The number of rotatable bonds is 4. The first kappa shape index (κ1) is 20.6. The molecule has 0 aromatic carbocycles. The number of hydrogen-bond acceptors (Lipinski definition) is 11. The highest BCUT2D eigenvalue weighted by molar-refractivity contribution is 8.18. The molecule has 0 atom stereocenters. The van der Waals surface area contributed by atoms with E-state index in [1.165, 1.54) is 0 Å². The number of aromatic nitrogens is 4.